The van der Waals surface area contributed by atoms with Gasteiger partial charge in [0.1, 0.15) is 17.3 Å². The first-order valence-electron chi connectivity index (χ1n) is 9.06. The fourth-order valence-corrected chi connectivity index (χ4v) is 3.60. The smallest absolute Gasteiger partial charge is 0.257 e. The van der Waals surface area contributed by atoms with Gasteiger partial charge in [0, 0.05) is 13.1 Å². The number of ether oxygens (including phenoxy) is 1. The second-order valence-corrected chi connectivity index (χ2v) is 6.95. The molecule has 1 aliphatic rings. The largest absolute Gasteiger partial charge is 0.497 e. The van der Waals surface area contributed by atoms with Crippen molar-refractivity contribution in [2.24, 2.45) is 5.92 Å². The third-order valence-electron chi connectivity index (χ3n) is 5.17. The van der Waals surface area contributed by atoms with Crippen molar-refractivity contribution in [3.8, 4) is 5.75 Å². The van der Waals surface area contributed by atoms with Crippen molar-refractivity contribution >= 4 is 5.91 Å². The zero-order valence-corrected chi connectivity index (χ0v) is 15.4. The molecule has 0 radical (unpaired) electrons. The molecule has 25 heavy (non-hydrogen) atoms. The van der Waals surface area contributed by atoms with Crippen LogP contribution in [0.5, 0.6) is 5.75 Å². The number of amides is 1. The molecule has 0 aliphatic carbocycles. The van der Waals surface area contributed by atoms with Crippen molar-refractivity contribution in [1.82, 2.24) is 4.90 Å². The van der Waals surface area contributed by atoms with Crippen LogP contribution in [0.3, 0.4) is 0 Å². The van der Waals surface area contributed by atoms with Crippen LogP contribution in [-0.4, -0.2) is 31.0 Å². The molecular formula is C21H27NO3. The number of nitrogens with zero attached hydrogens (tertiary/aromatic N) is 1. The van der Waals surface area contributed by atoms with Gasteiger partial charge in [0.25, 0.3) is 5.91 Å². The van der Waals surface area contributed by atoms with Crippen LogP contribution in [0.4, 0.5) is 0 Å². The molecule has 0 atom stereocenters. The molecule has 1 fully saturated rings. The van der Waals surface area contributed by atoms with Crippen molar-refractivity contribution < 1.29 is 13.9 Å². The van der Waals surface area contributed by atoms with E-state index in [1.54, 1.807) is 7.11 Å². The van der Waals surface area contributed by atoms with Crippen molar-refractivity contribution in [3.63, 3.8) is 0 Å². The lowest BCUT2D eigenvalue weighted by molar-refractivity contribution is 0.0685. The molecule has 0 saturated carbocycles. The van der Waals surface area contributed by atoms with E-state index in [2.05, 4.69) is 12.1 Å². The van der Waals surface area contributed by atoms with E-state index in [1.807, 2.05) is 36.9 Å². The zero-order chi connectivity index (χ0) is 17.8. The van der Waals surface area contributed by atoms with Gasteiger partial charge in [0.2, 0.25) is 0 Å². The van der Waals surface area contributed by atoms with Crippen LogP contribution < -0.4 is 4.74 Å². The molecule has 2 heterocycles. The number of carbonyl (C=O) groups is 1. The molecule has 0 spiro atoms. The number of piperidine rings is 1. The third-order valence-corrected chi connectivity index (χ3v) is 5.17. The number of aryl methyl sites for hydroxylation is 3. The number of hydrogen-bond donors (Lipinski definition) is 0. The quantitative estimate of drug-likeness (QED) is 0.810. The van der Waals surface area contributed by atoms with Gasteiger partial charge in [-0.2, -0.15) is 0 Å². The Labute approximate surface area is 149 Å². The van der Waals surface area contributed by atoms with Gasteiger partial charge in [-0.05, 0) is 69.2 Å². The minimum Gasteiger partial charge on any atom is -0.497 e. The van der Waals surface area contributed by atoms with Crippen LogP contribution in [0.15, 0.2) is 34.7 Å². The van der Waals surface area contributed by atoms with Gasteiger partial charge in [0.15, 0.2) is 0 Å². The molecular weight excluding hydrogens is 314 g/mol. The molecule has 3 rings (SSSR count). The Kier molecular flexibility index (Phi) is 5.47. The summed E-state index contributed by atoms with van der Waals surface area (Å²) in [7, 11) is 1.69. The fourth-order valence-electron chi connectivity index (χ4n) is 3.60. The number of likely N-dealkylation sites (tertiary alicyclic amines) is 1. The second-order valence-electron chi connectivity index (χ2n) is 6.95. The van der Waals surface area contributed by atoms with Gasteiger partial charge in [-0.3, -0.25) is 4.79 Å². The maximum absolute atomic E-state index is 12.6. The molecule has 4 heteroatoms. The molecule has 0 N–H and O–H groups in total. The normalized spacial score (nSPS) is 15.4. The summed E-state index contributed by atoms with van der Waals surface area (Å²) in [4.78, 5) is 14.6. The average molecular weight is 341 g/mol. The maximum atomic E-state index is 12.6. The van der Waals surface area contributed by atoms with Crippen molar-refractivity contribution in [1.29, 1.82) is 0 Å². The van der Waals surface area contributed by atoms with Crippen LogP contribution in [0.2, 0.25) is 0 Å². The lowest BCUT2D eigenvalue weighted by Gasteiger charge is -2.32. The zero-order valence-electron chi connectivity index (χ0n) is 15.4. The molecule has 2 aromatic rings. The van der Waals surface area contributed by atoms with Crippen LogP contribution in [0.25, 0.3) is 0 Å². The van der Waals surface area contributed by atoms with Gasteiger partial charge in [-0.25, -0.2) is 0 Å². The van der Waals surface area contributed by atoms with Gasteiger partial charge in [-0.1, -0.05) is 12.1 Å². The van der Waals surface area contributed by atoms with Crippen LogP contribution in [-0.2, 0) is 6.42 Å². The van der Waals surface area contributed by atoms with Crippen molar-refractivity contribution in [2.75, 3.05) is 20.2 Å². The predicted molar refractivity (Wildman–Crippen MR) is 98.1 cm³/mol. The first kappa shape index (κ1) is 17.6. The van der Waals surface area contributed by atoms with Crippen molar-refractivity contribution in [2.45, 2.75) is 39.5 Å². The maximum Gasteiger partial charge on any atom is 0.257 e. The van der Waals surface area contributed by atoms with Crippen LogP contribution in [0, 0.1) is 19.8 Å². The van der Waals surface area contributed by atoms with E-state index < -0.39 is 0 Å². The summed E-state index contributed by atoms with van der Waals surface area (Å²) in [6.07, 6.45) is 4.43. The SMILES string of the molecule is COc1ccc(CCC2CCN(C(=O)c3cc(C)oc3C)CC2)cc1. The number of furan rings is 1. The summed E-state index contributed by atoms with van der Waals surface area (Å²) in [6.45, 7) is 5.43. The molecule has 1 aromatic carbocycles. The van der Waals surface area contributed by atoms with E-state index in [0.717, 1.165) is 49.6 Å². The van der Waals surface area contributed by atoms with E-state index in [-0.39, 0.29) is 5.91 Å². The van der Waals surface area contributed by atoms with Gasteiger partial charge >= 0.3 is 0 Å². The molecule has 4 nitrogen and oxygen atoms in total. The Morgan fingerprint density at radius 2 is 1.88 bits per heavy atom. The van der Waals surface area contributed by atoms with E-state index in [9.17, 15) is 4.79 Å². The Hall–Kier alpha value is -2.23. The summed E-state index contributed by atoms with van der Waals surface area (Å²) < 4.78 is 10.7. The predicted octanol–water partition coefficient (Wildman–Crippen LogP) is 4.39. The van der Waals surface area contributed by atoms with Crippen LogP contribution in [0.1, 0.15) is 46.7 Å². The van der Waals surface area contributed by atoms with E-state index in [4.69, 9.17) is 9.15 Å². The first-order valence-corrected chi connectivity index (χ1v) is 9.06. The lowest BCUT2D eigenvalue weighted by Crippen LogP contribution is -2.38. The first-order chi connectivity index (χ1) is 12.1. The monoisotopic (exact) mass is 341 g/mol. The summed E-state index contributed by atoms with van der Waals surface area (Å²) in [5.74, 6) is 3.24. The highest BCUT2D eigenvalue weighted by molar-refractivity contribution is 5.95. The standard InChI is InChI=1S/C21H27NO3/c1-15-14-20(16(2)25-15)21(23)22-12-10-18(11-13-22)5-4-17-6-8-19(24-3)9-7-17/h6-9,14,18H,4-5,10-13H2,1-3H3. The van der Waals surface area contributed by atoms with Gasteiger partial charge in [-0.15, -0.1) is 0 Å². The molecule has 1 saturated heterocycles. The highest BCUT2D eigenvalue weighted by Crippen LogP contribution is 2.25. The second kappa shape index (κ2) is 7.77. The molecule has 1 aromatic heterocycles. The summed E-state index contributed by atoms with van der Waals surface area (Å²) in [6, 6.07) is 10.2. The van der Waals surface area contributed by atoms with Gasteiger partial charge in [0.05, 0.1) is 12.7 Å². The van der Waals surface area contributed by atoms with E-state index in [1.165, 1.54) is 12.0 Å². The molecule has 134 valence electrons. The Bertz CT molecular complexity index is 709. The average Bonchev–Trinajstić information content (AvgIpc) is 2.98. The highest BCUT2D eigenvalue weighted by Gasteiger charge is 2.25. The van der Waals surface area contributed by atoms with E-state index >= 15 is 0 Å². The molecule has 0 bridgehead atoms. The third kappa shape index (κ3) is 4.25. The van der Waals surface area contributed by atoms with Gasteiger partial charge < -0.3 is 14.1 Å². The fraction of sp³-hybridized carbons (Fsp3) is 0.476. The number of rotatable bonds is 5. The van der Waals surface area contributed by atoms with E-state index in [0.29, 0.717) is 11.5 Å². The van der Waals surface area contributed by atoms with Crippen LogP contribution >= 0.6 is 0 Å². The highest BCUT2D eigenvalue weighted by atomic mass is 16.5. The minimum absolute atomic E-state index is 0.114. The number of methoxy groups -OCH3 is 1. The lowest BCUT2D eigenvalue weighted by atomic mass is 9.90. The Morgan fingerprint density at radius 3 is 2.44 bits per heavy atom. The molecule has 0 unspecified atom stereocenters. The molecule has 1 amide bonds. The van der Waals surface area contributed by atoms with Crippen molar-refractivity contribution in [3.05, 3.63) is 53.0 Å². The summed E-state index contributed by atoms with van der Waals surface area (Å²) in [5.41, 5.74) is 2.07. The number of hydrogen-bond acceptors (Lipinski definition) is 3. The summed E-state index contributed by atoms with van der Waals surface area (Å²) >= 11 is 0. The summed E-state index contributed by atoms with van der Waals surface area (Å²) in [5, 5.41) is 0. The topological polar surface area (TPSA) is 42.7 Å². The Balaban J connectivity index is 1.48. The number of carbonyl (C=O) groups excluding carboxylic acids is 1. The molecule has 1 aliphatic heterocycles. The number of benzene rings is 1. The Morgan fingerprint density at radius 1 is 1.20 bits per heavy atom. The minimum atomic E-state index is 0.114.